The van der Waals surface area contributed by atoms with Crippen molar-refractivity contribution in [2.24, 2.45) is 11.8 Å². The number of rotatable bonds is 2. The highest BCUT2D eigenvalue weighted by atomic mass is 16.2. The van der Waals surface area contributed by atoms with Gasteiger partial charge in [-0.3, -0.25) is 4.79 Å². The molecule has 20 heavy (non-hydrogen) atoms. The molecule has 1 aromatic carbocycles. The number of fused-ring (bicyclic) bond motifs is 3. The number of carbonyl (C=O) groups excluding carboxylic acids is 1. The molecule has 1 aliphatic heterocycles. The first kappa shape index (κ1) is 12.2. The van der Waals surface area contributed by atoms with Crippen LogP contribution in [-0.2, 0) is 11.2 Å². The van der Waals surface area contributed by atoms with Crippen molar-refractivity contribution in [2.75, 3.05) is 5.32 Å². The molecule has 3 heteroatoms. The van der Waals surface area contributed by atoms with Gasteiger partial charge in [0.1, 0.15) is 6.04 Å². The predicted molar refractivity (Wildman–Crippen MR) is 79.6 cm³/mol. The van der Waals surface area contributed by atoms with E-state index in [1.54, 1.807) is 0 Å². The fourth-order valence-corrected chi connectivity index (χ4v) is 4.34. The van der Waals surface area contributed by atoms with E-state index >= 15 is 0 Å². The summed E-state index contributed by atoms with van der Waals surface area (Å²) in [5.74, 6) is 1.84. The van der Waals surface area contributed by atoms with Crippen LogP contribution in [0.2, 0.25) is 0 Å². The van der Waals surface area contributed by atoms with E-state index in [0.29, 0.717) is 6.04 Å². The minimum absolute atomic E-state index is 0.0518. The molecule has 0 spiro atoms. The van der Waals surface area contributed by atoms with Gasteiger partial charge in [-0.05, 0) is 55.6 Å². The van der Waals surface area contributed by atoms with Crippen molar-refractivity contribution in [3.8, 4) is 0 Å². The number of benzene rings is 1. The summed E-state index contributed by atoms with van der Waals surface area (Å²) in [5.41, 5.74) is 2.46. The third kappa shape index (κ3) is 2.09. The van der Waals surface area contributed by atoms with Crippen molar-refractivity contribution < 1.29 is 4.79 Å². The molecule has 2 saturated carbocycles. The summed E-state index contributed by atoms with van der Waals surface area (Å²) in [6.45, 7) is 0. The van der Waals surface area contributed by atoms with Crippen LogP contribution in [0.1, 0.15) is 37.7 Å². The second-order valence-corrected chi connectivity index (χ2v) is 6.68. The van der Waals surface area contributed by atoms with Crippen LogP contribution in [0.15, 0.2) is 24.3 Å². The van der Waals surface area contributed by atoms with Gasteiger partial charge in [0, 0.05) is 11.7 Å². The zero-order valence-electron chi connectivity index (χ0n) is 11.8. The summed E-state index contributed by atoms with van der Waals surface area (Å²) in [5, 5.41) is 6.71. The number of nitrogens with one attached hydrogen (secondary N) is 2. The molecule has 3 aliphatic rings. The number of aryl methyl sites for hydroxylation is 1. The molecule has 4 rings (SSSR count). The number of hydrogen-bond acceptors (Lipinski definition) is 2. The van der Waals surface area contributed by atoms with Crippen LogP contribution < -0.4 is 10.6 Å². The minimum atomic E-state index is -0.0518. The lowest BCUT2D eigenvalue weighted by atomic mass is 9.94. The lowest BCUT2D eigenvalue weighted by molar-refractivity contribution is -0.123. The number of anilines is 1. The molecule has 1 amide bonds. The zero-order chi connectivity index (χ0) is 13.5. The molecule has 1 heterocycles. The van der Waals surface area contributed by atoms with Crippen molar-refractivity contribution in [3.05, 3.63) is 29.8 Å². The topological polar surface area (TPSA) is 41.1 Å². The van der Waals surface area contributed by atoms with E-state index in [-0.39, 0.29) is 11.9 Å². The summed E-state index contributed by atoms with van der Waals surface area (Å²) in [6, 6.07) is 8.71. The molecule has 2 bridgehead atoms. The Morgan fingerprint density at radius 3 is 2.85 bits per heavy atom. The highest BCUT2D eigenvalue weighted by Crippen LogP contribution is 2.44. The highest BCUT2D eigenvalue weighted by Gasteiger charge is 2.40. The third-order valence-corrected chi connectivity index (χ3v) is 5.43. The average Bonchev–Trinajstić information content (AvgIpc) is 3.09. The van der Waals surface area contributed by atoms with Crippen LogP contribution in [0.25, 0.3) is 0 Å². The lowest BCUT2D eigenvalue weighted by Gasteiger charge is -2.29. The van der Waals surface area contributed by atoms with Crippen molar-refractivity contribution in [2.45, 2.75) is 50.6 Å². The molecule has 0 saturated heterocycles. The Morgan fingerprint density at radius 2 is 2.05 bits per heavy atom. The summed E-state index contributed by atoms with van der Waals surface area (Å²) in [6.07, 6.45) is 7.15. The summed E-state index contributed by atoms with van der Waals surface area (Å²) >= 11 is 0. The highest BCUT2D eigenvalue weighted by molar-refractivity contribution is 5.85. The molecule has 3 nitrogen and oxygen atoms in total. The van der Waals surface area contributed by atoms with Gasteiger partial charge < -0.3 is 10.6 Å². The van der Waals surface area contributed by atoms with Crippen LogP contribution in [0.4, 0.5) is 5.69 Å². The Kier molecular flexibility index (Phi) is 2.94. The fraction of sp³-hybridized carbons (Fsp3) is 0.588. The standard InChI is InChI=1S/C17H22N2O/c20-17(19-16-10-11-5-6-13(16)9-11)15-8-7-12-3-1-2-4-14(12)18-15/h1-4,11,13,15-16,18H,5-10H2,(H,19,20). The summed E-state index contributed by atoms with van der Waals surface area (Å²) < 4.78 is 0. The predicted octanol–water partition coefficient (Wildman–Crippen LogP) is 2.72. The average molecular weight is 270 g/mol. The number of amides is 1. The molecule has 0 aromatic heterocycles. The van der Waals surface area contributed by atoms with E-state index in [2.05, 4.69) is 28.8 Å². The summed E-state index contributed by atoms with van der Waals surface area (Å²) in [7, 11) is 0. The van der Waals surface area contributed by atoms with E-state index in [4.69, 9.17) is 0 Å². The summed E-state index contributed by atoms with van der Waals surface area (Å²) in [4.78, 5) is 12.5. The maximum absolute atomic E-state index is 12.5. The Hall–Kier alpha value is -1.51. The first-order valence-electron chi connectivity index (χ1n) is 7.94. The van der Waals surface area contributed by atoms with E-state index < -0.39 is 0 Å². The van der Waals surface area contributed by atoms with Gasteiger partial charge >= 0.3 is 0 Å². The number of carbonyl (C=O) groups is 1. The Labute approximate surface area is 120 Å². The Balaban J connectivity index is 1.40. The van der Waals surface area contributed by atoms with Gasteiger partial charge in [-0.2, -0.15) is 0 Å². The molecule has 4 unspecified atom stereocenters. The van der Waals surface area contributed by atoms with Crippen molar-refractivity contribution in [1.29, 1.82) is 0 Å². The fourth-order valence-electron chi connectivity index (χ4n) is 4.34. The van der Waals surface area contributed by atoms with Gasteiger partial charge in [0.25, 0.3) is 0 Å². The van der Waals surface area contributed by atoms with Gasteiger partial charge in [0.15, 0.2) is 0 Å². The second-order valence-electron chi connectivity index (χ2n) is 6.68. The molecule has 2 fully saturated rings. The van der Waals surface area contributed by atoms with Crippen LogP contribution in [-0.4, -0.2) is 18.0 Å². The molecule has 0 radical (unpaired) electrons. The van der Waals surface area contributed by atoms with Crippen molar-refractivity contribution in [1.82, 2.24) is 5.32 Å². The van der Waals surface area contributed by atoms with E-state index in [9.17, 15) is 4.79 Å². The quantitative estimate of drug-likeness (QED) is 0.867. The van der Waals surface area contributed by atoms with E-state index in [1.165, 1.54) is 31.2 Å². The van der Waals surface area contributed by atoms with Crippen LogP contribution in [0.5, 0.6) is 0 Å². The van der Waals surface area contributed by atoms with Gasteiger partial charge in [-0.1, -0.05) is 24.6 Å². The Bertz CT molecular complexity index is 527. The largest absolute Gasteiger partial charge is 0.373 e. The van der Waals surface area contributed by atoms with Crippen LogP contribution in [0.3, 0.4) is 0 Å². The zero-order valence-corrected chi connectivity index (χ0v) is 11.8. The molecule has 1 aromatic rings. The Morgan fingerprint density at radius 1 is 1.15 bits per heavy atom. The molecular weight excluding hydrogens is 248 g/mol. The first-order chi connectivity index (χ1) is 9.79. The molecule has 2 N–H and O–H groups in total. The monoisotopic (exact) mass is 270 g/mol. The minimum Gasteiger partial charge on any atom is -0.373 e. The third-order valence-electron chi connectivity index (χ3n) is 5.43. The van der Waals surface area contributed by atoms with Gasteiger partial charge in [-0.15, -0.1) is 0 Å². The number of para-hydroxylation sites is 1. The van der Waals surface area contributed by atoms with E-state index in [0.717, 1.165) is 30.4 Å². The second kappa shape index (κ2) is 4.80. The molecule has 2 aliphatic carbocycles. The number of hydrogen-bond donors (Lipinski definition) is 2. The lowest BCUT2D eigenvalue weighted by Crippen LogP contribution is -2.47. The smallest absolute Gasteiger partial charge is 0.242 e. The molecular formula is C17H22N2O. The van der Waals surface area contributed by atoms with Gasteiger partial charge in [0.05, 0.1) is 0 Å². The van der Waals surface area contributed by atoms with E-state index in [1.807, 2.05) is 6.07 Å². The molecule has 4 atom stereocenters. The van der Waals surface area contributed by atoms with Crippen molar-refractivity contribution in [3.63, 3.8) is 0 Å². The van der Waals surface area contributed by atoms with Crippen LogP contribution >= 0.6 is 0 Å². The maximum atomic E-state index is 12.5. The van der Waals surface area contributed by atoms with Gasteiger partial charge in [-0.25, -0.2) is 0 Å². The van der Waals surface area contributed by atoms with Crippen molar-refractivity contribution >= 4 is 11.6 Å². The normalized spacial score (nSPS) is 34.4. The molecule has 106 valence electrons. The van der Waals surface area contributed by atoms with Crippen LogP contribution in [0, 0.1) is 11.8 Å². The SMILES string of the molecule is O=C(NC1CC2CCC1C2)C1CCc2ccccc2N1. The van der Waals surface area contributed by atoms with Gasteiger partial charge in [0.2, 0.25) is 5.91 Å². The first-order valence-corrected chi connectivity index (χ1v) is 7.94. The maximum Gasteiger partial charge on any atom is 0.242 e.